The number of aliphatic imine (C=N–C) groups is 1. The summed E-state index contributed by atoms with van der Waals surface area (Å²) in [6.45, 7) is 4.99. The smallest absolute Gasteiger partial charge is 0.233 e. The van der Waals surface area contributed by atoms with Crippen LogP contribution in [0.1, 0.15) is 37.6 Å². The van der Waals surface area contributed by atoms with Gasteiger partial charge >= 0.3 is 0 Å². The first kappa shape index (κ1) is 23.3. The molecule has 0 bridgehead atoms. The molecule has 0 saturated carbocycles. The highest BCUT2D eigenvalue weighted by Crippen LogP contribution is 2.38. The maximum Gasteiger partial charge on any atom is 0.233 e. The number of amidine groups is 1. The number of halogens is 2. The van der Waals surface area contributed by atoms with E-state index in [9.17, 15) is 13.0 Å². The molecule has 1 aliphatic rings. The van der Waals surface area contributed by atoms with Crippen molar-refractivity contribution in [3.05, 3.63) is 47.4 Å². The Bertz CT molecular complexity index is 1250. The highest BCUT2D eigenvalue weighted by molar-refractivity contribution is 8.02. The third kappa shape index (κ3) is 4.34. The molecule has 32 heavy (non-hydrogen) atoms. The number of ether oxygens (including phenoxy) is 1. The van der Waals surface area contributed by atoms with Gasteiger partial charge in [-0.3, -0.25) is 9.20 Å². The molecule has 2 N–H and O–H groups in total. The minimum absolute atomic E-state index is 0.0129. The van der Waals surface area contributed by atoms with Gasteiger partial charge in [-0.25, -0.2) is 19.3 Å². The lowest BCUT2D eigenvalue weighted by Crippen LogP contribution is -2.54. The zero-order chi connectivity index (χ0) is 23.7. The van der Waals surface area contributed by atoms with Crippen LogP contribution in [0.15, 0.2) is 29.6 Å². The van der Waals surface area contributed by atoms with Gasteiger partial charge in [-0.05, 0) is 53.9 Å². The average Bonchev–Trinajstić information content (AvgIpc) is 2.72. The van der Waals surface area contributed by atoms with Crippen LogP contribution in [0.2, 0.25) is 0 Å². The molecule has 168 valence electrons. The summed E-state index contributed by atoms with van der Waals surface area (Å²) >= 11 is 0. The fourth-order valence-electron chi connectivity index (χ4n) is 3.17. The van der Waals surface area contributed by atoms with Crippen molar-refractivity contribution >= 4 is 33.1 Å². The molecule has 0 aromatic carbocycles. The van der Waals surface area contributed by atoms with Crippen molar-refractivity contribution in [1.82, 2.24) is 15.0 Å². The van der Waals surface area contributed by atoms with Crippen LogP contribution in [-0.2, 0) is 15.1 Å². The van der Waals surface area contributed by atoms with E-state index in [4.69, 9.17) is 16.9 Å². The van der Waals surface area contributed by atoms with E-state index in [-0.39, 0.29) is 40.9 Å². The molecular weight excluding hydrogens is 436 g/mol. The second-order valence-electron chi connectivity index (χ2n) is 8.07. The lowest BCUT2D eigenvalue weighted by molar-refractivity contribution is 0.353. The molecule has 7 nitrogen and oxygen atoms in total. The summed E-state index contributed by atoms with van der Waals surface area (Å²) in [6, 6.07) is 1.39. The molecule has 3 heterocycles. The molecule has 0 amide bonds. The Morgan fingerprint density at radius 2 is 2.06 bits per heavy atom. The van der Waals surface area contributed by atoms with E-state index < -0.39 is 31.6 Å². The van der Waals surface area contributed by atoms with Crippen molar-refractivity contribution in [2.24, 2.45) is 10.7 Å². The molecule has 1 unspecified atom stereocenters. The maximum absolute atomic E-state index is 14.7. The number of nitrogens with two attached hydrogens (primary N) is 1. The predicted molar refractivity (Wildman–Crippen MR) is 123 cm³/mol. The number of hydrogen-bond acceptors (Lipinski definition) is 7. The Morgan fingerprint density at radius 3 is 2.66 bits per heavy atom. The standard InChI is InChI=1S/C22H23F2N5O2S/c1-6-7-31-18-12-26-17(11-27-18)16(23)9-14-8-15(19(24)28-10-14)22(4)13-32(5,30)21(2,3)20(25)29-22/h1,8-12H,5,7,13H2,2-4H3,(H2,25,29)/b16-9-/t22-,32?/m0/s1. The third-order valence-corrected chi connectivity index (χ3v) is 8.44. The van der Waals surface area contributed by atoms with E-state index in [1.807, 2.05) is 0 Å². The molecular formula is C22H23F2N5O2S. The lowest BCUT2D eigenvalue weighted by atomic mass is 9.93. The number of hydrogen-bond donors (Lipinski definition) is 1. The predicted octanol–water partition coefficient (Wildman–Crippen LogP) is 2.57. The van der Waals surface area contributed by atoms with Crippen LogP contribution in [0.25, 0.3) is 11.9 Å². The average molecular weight is 460 g/mol. The van der Waals surface area contributed by atoms with Gasteiger partial charge in [0.2, 0.25) is 11.8 Å². The summed E-state index contributed by atoms with van der Waals surface area (Å²) in [6.07, 6.45) is 9.82. The minimum Gasteiger partial charge on any atom is -0.463 e. The third-order valence-electron chi connectivity index (χ3n) is 5.34. The van der Waals surface area contributed by atoms with E-state index in [1.54, 1.807) is 20.8 Å². The van der Waals surface area contributed by atoms with Crippen molar-refractivity contribution in [3.63, 3.8) is 0 Å². The van der Waals surface area contributed by atoms with Crippen molar-refractivity contribution < 1.29 is 17.7 Å². The molecule has 2 aromatic rings. The SMILES string of the molecule is C#CCOc1cnc(/C(F)=C/c2cnc(F)c([C@]3(C)CS(=C)(=O)C(C)(C)C(N)=N3)c2)cn1. The lowest BCUT2D eigenvalue weighted by Gasteiger charge is -2.40. The van der Waals surface area contributed by atoms with Gasteiger partial charge in [0.25, 0.3) is 0 Å². The summed E-state index contributed by atoms with van der Waals surface area (Å²) in [5.41, 5.74) is 5.03. The Balaban J connectivity index is 1.97. The molecule has 0 saturated heterocycles. The Hall–Kier alpha value is -3.32. The van der Waals surface area contributed by atoms with Crippen LogP contribution in [0.3, 0.4) is 0 Å². The van der Waals surface area contributed by atoms with Crippen LogP contribution in [-0.4, -0.2) is 48.0 Å². The maximum atomic E-state index is 14.7. The number of nitrogens with zero attached hydrogens (tertiary/aromatic N) is 4. The van der Waals surface area contributed by atoms with E-state index in [0.717, 1.165) is 6.08 Å². The van der Waals surface area contributed by atoms with E-state index in [2.05, 4.69) is 31.7 Å². The van der Waals surface area contributed by atoms with Gasteiger partial charge < -0.3 is 10.5 Å². The molecule has 10 heteroatoms. The van der Waals surface area contributed by atoms with Crippen LogP contribution in [0.4, 0.5) is 8.78 Å². The Labute approximate surface area is 185 Å². The minimum atomic E-state index is -2.75. The number of terminal acetylenes is 1. The number of aromatic nitrogens is 3. The molecule has 2 atom stereocenters. The first-order chi connectivity index (χ1) is 14.9. The molecule has 0 aliphatic carbocycles. The molecule has 3 rings (SSSR count). The summed E-state index contributed by atoms with van der Waals surface area (Å²) in [5, 5.41) is 0. The Morgan fingerprint density at radius 1 is 1.34 bits per heavy atom. The van der Waals surface area contributed by atoms with E-state index >= 15 is 0 Å². The first-order valence-electron chi connectivity index (χ1n) is 9.52. The van der Waals surface area contributed by atoms with E-state index in [0.29, 0.717) is 0 Å². The fraction of sp³-hybridized carbons (Fsp3) is 0.318. The largest absolute Gasteiger partial charge is 0.463 e. The molecule has 0 spiro atoms. The van der Waals surface area contributed by atoms with E-state index in [1.165, 1.54) is 24.7 Å². The van der Waals surface area contributed by atoms with Gasteiger partial charge in [-0.15, -0.1) is 6.42 Å². The summed E-state index contributed by atoms with van der Waals surface area (Å²) in [7, 11) is -2.75. The van der Waals surface area contributed by atoms with Crippen LogP contribution < -0.4 is 10.5 Å². The van der Waals surface area contributed by atoms with Crippen molar-refractivity contribution in [2.75, 3.05) is 12.4 Å². The molecule has 0 fully saturated rings. The second-order valence-corrected chi connectivity index (χ2v) is 11.0. The zero-order valence-electron chi connectivity index (χ0n) is 17.9. The topological polar surface area (TPSA) is 103 Å². The summed E-state index contributed by atoms with van der Waals surface area (Å²) in [4.78, 5) is 16.0. The second kappa shape index (κ2) is 8.31. The van der Waals surface area contributed by atoms with Crippen molar-refractivity contribution in [2.45, 2.75) is 31.1 Å². The van der Waals surface area contributed by atoms with Gasteiger partial charge in [0.1, 0.15) is 17.1 Å². The van der Waals surface area contributed by atoms with Gasteiger partial charge in [-0.2, -0.15) is 4.39 Å². The van der Waals surface area contributed by atoms with Crippen molar-refractivity contribution in [3.8, 4) is 18.2 Å². The van der Waals surface area contributed by atoms with Gasteiger partial charge in [0, 0.05) is 17.5 Å². The number of pyridine rings is 1. The quantitative estimate of drug-likeness (QED) is 0.419. The van der Waals surface area contributed by atoms with Gasteiger partial charge in [-0.1, -0.05) is 5.92 Å². The summed E-state index contributed by atoms with van der Waals surface area (Å²) < 4.78 is 46.8. The number of rotatable bonds is 5. The normalized spacial score (nSPS) is 25.0. The zero-order valence-corrected chi connectivity index (χ0v) is 18.7. The molecule has 1 aliphatic heterocycles. The highest BCUT2D eigenvalue weighted by atomic mass is 32.2. The summed E-state index contributed by atoms with van der Waals surface area (Å²) in [5.74, 6) is 4.82. The van der Waals surface area contributed by atoms with Crippen LogP contribution >= 0.6 is 0 Å². The van der Waals surface area contributed by atoms with Crippen LogP contribution in [0.5, 0.6) is 5.88 Å². The fourth-order valence-corrected chi connectivity index (χ4v) is 5.08. The monoisotopic (exact) mass is 459 g/mol. The van der Waals surface area contributed by atoms with Gasteiger partial charge in [0.05, 0.1) is 17.1 Å². The van der Waals surface area contributed by atoms with Gasteiger partial charge in [0.15, 0.2) is 12.4 Å². The van der Waals surface area contributed by atoms with Crippen LogP contribution in [0, 0.1) is 18.3 Å². The molecule has 0 radical (unpaired) electrons. The molecule has 2 aromatic heterocycles. The highest BCUT2D eigenvalue weighted by Gasteiger charge is 2.46. The Kier molecular flexibility index (Phi) is 6.07. The van der Waals surface area contributed by atoms with Crippen molar-refractivity contribution in [1.29, 1.82) is 0 Å². The first-order valence-corrected chi connectivity index (χ1v) is 11.4.